The van der Waals surface area contributed by atoms with E-state index in [0.717, 1.165) is 21.9 Å². The van der Waals surface area contributed by atoms with E-state index in [1.165, 1.54) is 11.8 Å². The number of allylic oxidation sites excluding steroid dienone is 3. The number of hydrogen-bond donors (Lipinski definition) is 1. The predicted molar refractivity (Wildman–Crippen MR) is 100 cm³/mol. The van der Waals surface area contributed by atoms with Crippen LogP contribution in [0.5, 0.6) is 0 Å². The van der Waals surface area contributed by atoms with E-state index in [9.17, 15) is 4.79 Å². The van der Waals surface area contributed by atoms with Crippen molar-refractivity contribution < 1.29 is 4.79 Å². The average Bonchev–Trinajstić information content (AvgIpc) is 2.81. The summed E-state index contributed by atoms with van der Waals surface area (Å²) < 4.78 is 0.511. The van der Waals surface area contributed by atoms with Gasteiger partial charge >= 0.3 is 0 Å². The van der Waals surface area contributed by atoms with Gasteiger partial charge < -0.3 is 5.32 Å². The van der Waals surface area contributed by atoms with Crippen LogP contribution in [0.2, 0.25) is 0 Å². The molecule has 0 spiro atoms. The number of carbonyl (C=O) groups is 1. The van der Waals surface area contributed by atoms with E-state index in [1.54, 1.807) is 11.8 Å². The van der Waals surface area contributed by atoms with E-state index in [1.807, 2.05) is 36.4 Å². The molecule has 2 aliphatic rings. The Hall–Kier alpha value is -1.01. The van der Waals surface area contributed by atoms with Crippen molar-refractivity contribution in [1.82, 2.24) is 5.32 Å². The summed E-state index contributed by atoms with van der Waals surface area (Å²) in [6.45, 7) is 0. The minimum Gasteiger partial charge on any atom is -0.307 e. The molecule has 22 heavy (non-hydrogen) atoms. The van der Waals surface area contributed by atoms with Crippen LogP contribution < -0.4 is 5.32 Å². The van der Waals surface area contributed by atoms with Crippen molar-refractivity contribution in [1.29, 1.82) is 0 Å². The summed E-state index contributed by atoms with van der Waals surface area (Å²) >= 11 is 14.1. The monoisotopic (exact) mass is 365 g/mol. The molecule has 0 saturated carbocycles. The fourth-order valence-corrected chi connectivity index (χ4v) is 4.39. The molecule has 1 unspecified atom stereocenters. The van der Waals surface area contributed by atoms with E-state index in [-0.39, 0.29) is 5.91 Å². The molecular formula is C16H12ClNOS3. The van der Waals surface area contributed by atoms with Gasteiger partial charge in [0.1, 0.15) is 4.32 Å². The van der Waals surface area contributed by atoms with E-state index in [0.29, 0.717) is 14.5 Å². The molecule has 1 aromatic carbocycles. The molecule has 1 fully saturated rings. The Morgan fingerprint density at radius 3 is 2.91 bits per heavy atom. The number of carbonyl (C=O) groups excluding carboxylic acids is 1. The molecule has 1 atom stereocenters. The van der Waals surface area contributed by atoms with Gasteiger partial charge in [-0.05, 0) is 30.2 Å². The number of halogens is 1. The first kappa shape index (κ1) is 15.9. The maximum Gasteiger partial charge on any atom is 0.263 e. The number of thioether (sulfide) groups is 2. The van der Waals surface area contributed by atoms with Gasteiger partial charge in [0.2, 0.25) is 0 Å². The van der Waals surface area contributed by atoms with Crippen LogP contribution >= 0.6 is 47.3 Å². The third kappa shape index (κ3) is 3.84. The predicted octanol–water partition coefficient (Wildman–Crippen LogP) is 4.72. The minimum absolute atomic E-state index is 0.123. The quantitative estimate of drug-likeness (QED) is 0.620. The van der Waals surface area contributed by atoms with Gasteiger partial charge in [-0.3, -0.25) is 4.79 Å². The maximum absolute atomic E-state index is 11.8. The first-order valence-corrected chi connectivity index (χ1v) is 9.14. The fourth-order valence-electron chi connectivity index (χ4n) is 2.09. The van der Waals surface area contributed by atoms with Crippen LogP contribution in [0.3, 0.4) is 0 Å². The Morgan fingerprint density at radius 2 is 2.23 bits per heavy atom. The van der Waals surface area contributed by atoms with Gasteiger partial charge in [0, 0.05) is 15.2 Å². The minimum atomic E-state index is -0.123. The number of amides is 1. The Kier molecular flexibility index (Phi) is 5.08. The third-order valence-corrected chi connectivity index (χ3v) is 5.86. The highest BCUT2D eigenvalue weighted by molar-refractivity contribution is 8.26. The molecule has 1 aliphatic heterocycles. The molecular weight excluding hydrogens is 354 g/mol. The van der Waals surface area contributed by atoms with Gasteiger partial charge in [0.15, 0.2) is 0 Å². The van der Waals surface area contributed by atoms with Crippen LogP contribution in [-0.4, -0.2) is 15.5 Å². The molecule has 0 aromatic heterocycles. The normalized spacial score (nSPS) is 22.9. The van der Waals surface area contributed by atoms with E-state index in [2.05, 4.69) is 17.5 Å². The number of benzene rings is 1. The van der Waals surface area contributed by atoms with Gasteiger partial charge in [-0.2, -0.15) is 0 Å². The molecule has 1 heterocycles. The molecule has 6 heteroatoms. The van der Waals surface area contributed by atoms with Crippen LogP contribution in [0.15, 0.2) is 57.3 Å². The SMILES string of the molecule is O=C1NC(=S)SC1=Cc1ccccc1SC1C=CC(Cl)=CC1. The number of rotatable bonds is 3. The Bertz CT molecular complexity index is 724. The van der Waals surface area contributed by atoms with Gasteiger partial charge in [0.05, 0.1) is 4.91 Å². The van der Waals surface area contributed by atoms with Crippen LogP contribution in [0.1, 0.15) is 12.0 Å². The zero-order valence-electron chi connectivity index (χ0n) is 11.4. The van der Waals surface area contributed by atoms with Crippen molar-refractivity contribution >= 4 is 63.6 Å². The summed E-state index contributed by atoms with van der Waals surface area (Å²) in [5.74, 6) is -0.123. The highest BCUT2D eigenvalue weighted by Crippen LogP contribution is 2.35. The summed E-state index contributed by atoms with van der Waals surface area (Å²) in [6, 6.07) is 8.06. The van der Waals surface area contributed by atoms with Crippen LogP contribution in [0.4, 0.5) is 0 Å². The van der Waals surface area contributed by atoms with Crippen LogP contribution in [-0.2, 0) is 4.79 Å². The summed E-state index contributed by atoms with van der Waals surface area (Å²) in [6.07, 6.45) is 8.88. The second kappa shape index (κ2) is 7.04. The molecule has 0 bridgehead atoms. The summed E-state index contributed by atoms with van der Waals surface area (Å²) in [5, 5.41) is 3.79. The topological polar surface area (TPSA) is 29.1 Å². The first-order valence-electron chi connectivity index (χ1n) is 6.66. The lowest BCUT2D eigenvalue weighted by Gasteiger charge is -2.15. The molecule has 2 nitrogen and oxygen atoms in total. The van der Waals surface area contributed by atoms with Crippen LogP contribution in [0.25, 0.3) is 6.08 Å². The summed E-state index contributed by atoms with van der Waals surface area (Å²) in [5.41, 5.74) is 1.03. The second-order valence-corrected chi connectivity index (χ2v) is 8.17. The third-order valence-electron chi connectivity index (χ3n) is 3.14. The van der Waals surface area contributed by atoms with Gasteiger partial charge in [-0.1, -0.05) is 65.9 Å². The number of thiocarbonyl (C=S) groups is 1. The first-order chi connectivity index (χ1) is 10.6. The van der Waals surface area contributed by atoms with Crippen molar-refractivity contribution in [2.75, 3.05) is 0 Å². The van der Waals surface area contributed by atoms with E-state index in [4.69, 9.17) is 23.8 Å². The van der Waals surface area contributed by atoms with Crippen molar-refractivity contribution in [3.63, 3.8) is 0 Å². The molecule has 3 rings (SSSR count). The molecule has 1 amide bonds. The molecule has 1 N–H and O–H groups in total. The van der Waals surface area contributed by atoms with E-state index < -0.39 is 0 Å². The zero-order valence-corrected chi connectivity index (χ0v) is 14.6. The lowest BCUT2D eigenvalue weighted by atomic mass is 10.2. The molecule has 1 saturated heterocycles. The zero-order chi connectivity index (χ0) is 15.5. The molecule has 1 aromatic rings. The van der Waals surface area contributed by atoms with Crippen molar-refractivity contribution in [2.24, 2.45) is 0 Å². The van der Waals surface area contributed by atoms with Gasteiger partial charge in [0.25, 0.3) is 5.91 Å². The van der Waals surface area contributed by atoms with Crippen LogP contribution in [0, 0.1) is 0 Å². The smallest absolute Gasteiger partial charge is 0.263 e. The summed E-state index contributed by atoms with van der Waals surface area (Å²) in [4.78, 5) is 13.6. The number of nitrogens with one attached hydrogen (secondary N) is 1. The van der Waals surface area contributed by atoms with E-state index >= 15 is 0 Å². The van der Waals surface area contributed by atoms with Gasteiger partial charge in [-0.15, -0.1) is 11.8 Å². The average molecular weight is 366 g/mol. The van der Waals surface area contributed by atoms with Crippen molar-refractivity contribution in [2.45, 2.75) is 16.6 Å². The van der Waals surface area contributed by atoms with Gasteiger partial charge in [-0.25, -0.2) is 0 Å². The van der Waals surface area contributed by atoms with Crippen molar-refractivity contribution in [3.05, 3.63) is 58.0 Å². The Labute approximate surface area is 148 Å². The van der Waals surface area contributed by atoms with Crippen molar-refractivity contribution in [3.8, 4) is 0 Å². The maximum atomic E-state index is 11.8. The lowest BCUT2D eigenvalue weighted by molar-refractivity contribution is -0.115. The largest absolute Gasteiger partial charge is 0.307 e. The highest BCUT2D eigenvalue weighted by Gasteiger charge is 2.22. The molecule has 112 valence electrons. The highest BCUT2D eigenvalue weighted by atomic mass is 35.5. The lowest BCUT2D eigenvalue weighted by Crippen LogP contribution is -2.17. The molecule has 0 radical (unpaired) electrons. The number of hydrogen-bond acceptors (Lipinski definition) is 4. The fraction of sp³-hybridized carbons (Fsp3) is 0.125. The summed E-state index contributed by atoms with van der Waals surface area (Å²) in [7, 11) is 0. The second-order valence-electron chi connectivity index (χ2n) is 4.73. The Morgan fingerprint density at radius 1 is 1.41 bits per heavy atom. The molecule has 1 aliphatic carbocycles. The standard InChI is InChI=1S/C16H12ClNOS3/c17-11-5-7-12(8-6-11)21-13-4-2-1-3-10(13)9-14-15(19)18-16(20)22-14/h1-7,9,12H,8H2,(H,18,19,20). The Balaban J connectivity index is 1.82.